The van der Waals surface area contributed by atoms with Crippen LogP contribution in [0.25, 0.3) is 10.9 Å². The van der Waals surface area contributed by atoms with Crippen LogP contribution in [0.1, 0.15) is 42.6 Å². The number of amides is 1. The Morgan fingerprint density at radius 1 is 1.16 bits per heavy atom. The van der Waals surface area contributed by atoms with Crippen molar-refractivity contribution in [2.45, 2.75) is 38.0 Å². The number of piperidine rings is 1. The maximum atomic E-state index is 13.3. The minimum Gasteiger partial charge on any atom is -0.494 e. The van der Waals surface area contributed by atoms with Crippen molar-refractivity contribution in [1.29, 1.82) is 0 Å². The molecule has 0 radical (unpaired) electrons. The number of alkyl halides is 2. The normalized spacial score (nSPS) is 18.5. The van der Waals surface area contributed by atoms with Gasteiger partial charge in [-0.05, 0) is 56.6 Å². The summed E-state index contributed by atoms with van der Waals surface area (Å²) in [5.74, 6) is -2.09. The van der Waals surface area contributed by atoms with E-state index in [4.69, 9.17) is 14.6 Å². The second-order valence-corrected chi connectivity index (χ2v) is 7.94. The lowest BCUT2D eigenvalue weighted by Gasteiger charge is -2.31. The van der Waals surface area contributed by atoms with Crippen LogP contribution in [0.5, 0.6) is 5.75 Å². The smallest absolute Gasteiger partial charge is 0.290 e. The van der Waals surface area contributed by atoms with Crippen LogP contribution in [0.15, 0.2) is 24.3 Å². The number of aromatic nitrogens is 1. The van der Waals surface area contributed by atoms with Gasteiger partial charge in [-0.2, -0.15) is 0 Å². The minimum atomic E-state index is -2.65. The van der Waals surface area contributed by atoms with Gasteiger partial charge in [-0.3, -0.25) is 9.59 Å². The fourth-order valence-corrected chi connectivity index (χ4v) is 4.01. The fourth-order valence-electron chi connectivity index (χ4n) is 4.01. The molecule has 1 aromatic carbocycles. The number of aromatic amines is 1. The number of carbonyl (C=O) groups is 2. The zero-order valence-electron chi connectivity index (χ0n) is 17.5. The lowest BCUT2D eigenvalue weighted by molar-refractivity contribution is -0.122. The lowest BCUT2D eigenvalue weighted by atomic mass is 10.1. The first-order chi connectivity index (χ1) is 14.9. The number of rotatable bonds is 6. The average Bonchev–Trinajstić information content (AvgIpc) is 3.41. The topological polar surface area (TPSA) is 85.9 Å². The van der Waals surface area contributed by atoms with Gasteiger partial charge >= 0.3 is 0 Å². The molecule has 0 aliphatic carbocycles. The second-order valence-electron chi connectivity index (χ2n) is 7.94. The van der Waals surface area contributed by atoms with E-state index in [1.54, 1.807) is 6.07 Å². The maximum absolute atomic E-state index is 13.3. The molecule has 0 saturated carbocycles. The Bertz CT molecular complexity index is 871. The summed E-state index contributed by atoms with van der Waals surface area (Å²) in [6.07, 6.45) is 3.05. The second kappa shape index (κ2) is 10.6. The maximum Gasteiger partial charge on any atom is 0.290 e. The zero-order chi connectivity index (χ0) is 22.3. The summed E-state index contributed by atoms with van der Waals surface area (Å²) in [6, 6.07) is 7.49. The molecule has 2 aliphatic rings. The Kier molecular flexibility index (Phi) is 7.84. The average molecular weight is 437 g/mol. The summed E-state index contributed by atoms with van der Waals surface area (Å²) in [5.41, 5.74) is 1.28. The highest BCUT2D eigenvalue weighted by Crippen LogP contribution is 2.29. The molecule has 3 heterocycles. The van der Waals surface area contributed by atoms with Crippen LogP contribution in [0.2, 0.25) is 0 Å². The van der Waals surface area contributed by atoms with E-state index in [-0.39, 0.29) is 38.3 Å². The number of carbonyl (C=O) groups excluding carboxylic acids is 1. The number of ether oxygens (including phenoxy) is 1. The van der Waals surface area contributed by atoms with E-state index >= 15 is 0 Å². The molecule has 2 fully saturated rings. The number of H-pyrrole nitrogens is 1. The number of halogens is 2. The van der Waals surface area contributed by atoms with Gasteiger partial charge in [0.25, 0.3) is 18.3 Å². The Hall–Kier alpha value is -2.68. The van der Waals surface area contributed by atoms with E-state index in [1.165, 1.54) is 30.8 Å². The van der Waals surface area contributed by atoms with Crippen molar-refractivity contribution in [3.8, 4) is 5.75 Å². The van der Waals surface area contributed by atoms with Crippen LogP contribution in [-0.2, 0) is 4.79 Å². The molecule has 2 N–H and O–H groups in total. The lowest BCUT2D eigenvalue weighted by Crippen LogP contribution is -2.42. The molecular formula is C22H29F2N3O4. The molecule has 31 heavy (non-hydrogen) atoms. The highest BCUT2D eigenvalue weighted by Gasteiger charge is 2.36. The van der Waals surface area contributed by atoms with Crippen LogP contribution < -0.4 is 4.74 Å². The predicted molar refractivity (Wildman–Crippen MR) is 113 cm³/mol. The monoisotopic (exact) mass is 437 g/mol. The third kappa shape index (κ3) is 6.40. The van der Waals surface area contributed by atoms with Gasteiger partial charge in [0, 0.05) is 43.4 Å². The number of benzene rings is 1. The van der Waals surface area contributed by atoms with Crippen LogP contribution in [0.3, 0.4) is 0 Å². The highest BCUT2D eigenvalue weighted by molar-refractivity contribution is 5.98. The molecule has 0 atom stereocenters. The molecule has 2 aliphatic heterocycles. The van der Waals surface area contributed by atoms with Gasteiger partial charge in [-0.15, -0.1) is 0 Å². The molecule has 1 amide bonds. The number of fused-ring (bicyclic) bond motifs is 1. The molecular weight excluding hydrogens is 408 g/mol. The molecule has 2 aromatic rings. The molecule has 7 nitrogen and oxygen atoms in total. The first kappa shape index (κ1) is 23.0. The summed E-state index contributed by atoms with van der Waals surface area (Å²) in [7, 11) is 0. The third-order valence-electron chi connectivity index (χ3n) is 5.69. The van der Waals surface area contributed by atoms with Crippen LogP contribution in [0, 0.1) is 0 Å². The Labute approximate surface area is 180 Å². The number of hydrogen-bond donors (Lipinski definition) is 2. The Morgan fingerprint density at radius 3 is 2.52 bits per heavy atom. The SMILES string of the molecule is O=C(c1cc2cc(OCCCN3CCCC3)ccc2[nH]1)N1CCC(F)(F)CC1.O=CO. The van der Waals surface area contributed by atoms with Gasteiger partial charge in [-0.1, -0.05) is 0 Å². The molecule has 1 aromatic heterocycles. The minimum absolute atomic E-state index is 0.0899. The number of carboxylic acid groups (broad SMARTS) is 1. The van der Waals surface area contributed by atoms with Crippen molar-refractivity contribution < 1.29 is 28.2 Å². The highest BCUT2D eigenvalue weighted by atomic mass is 19.3. The summed E-state index contributed by atoms with van der Waals surface area (Å²) >= 11 is 0. The van der Waals surface area contributed by atoms with Gasteiger partial charge in [-0.25, -0.2) is 8.78 Å². The summed E-state index contributed by atoms with van der Waals surface area (Å²) in [6.45, 7) is 4.06. The number of likely N-dealkylation sites (tertiary alicyclic amines) is 2. The van der Waals surface area contributed by atoms with Crippen LogP contribution >= 0.6 is 0 Å². The zero-order valence-corrected chi connectivity index (χ0v) is 17.5. The van der Waals surface area contributed by atoms with E-state index in [1.807, 2.05) is 18.2 Å². The fraction of sp³-hybridized carbons (Fsp3) is 0.545. The van der Waals surface area contributed by atoms with E-state index < -0.39 is 5.92 Å². The molecule has 0 bridgehead atoms. The standard InChI is InChI=1S/C21H27F2N3O2.CH2O2/c22-21(23)6-11-26(12-7-21)20(27)19-15-16-14-17(4-5-18(16)24-19)28-13-3-10-25-8-1-2-9-25;2-1-3/h4-5,14-15,24H,1-3,6-13H2;1H,(H,2,3). The van der Waals surface area contributed by atoms with Crippen molar-refractivity contribution >= 4 is 23.3 Å². The molecule has 2 saturated heterocycles. The quantitative estimate of drug-likeness (QED) is 0.533. The first-order valence-corrected chi connectivity index (χ1v) is 10.6. The van der Waals surface area contributed by atoms with E-state index in [0.717, 1.165) is 29.6 Å². The number of hydrogen-bond acceptors (Lipinski definition) is 4. The van der Waals surface area contributed by atoms with Gasteiger partial charge in [0.2, 0.25) is 0 Å². The summed E-state index contributed by atoms with van der Waals surface area (Å²) in [5, 5.41) is 7.78. The van der Waals surface area contributed by atoms with Gasteiger partial charge in [0.1, 0.15) is 11.4 Å². The molecule has 170 valence electrons. The van der Waals surface area contributed by atoms with Crippen LogP contribution in [-0.4, -0.2) is 77.5 Å². The Morgan fingerprint density at radius 2 is 1.84 bits per heavy atom. The summed E-state index contributed by atoms with van der Waals surface area (Å²) in [4.78, 5) is 28.0. The van der Waals surface area contributed by atoms with Crippen molar-refractivity contribution in [3.05, 3.63) is 30.0 Å². The van der Waals surface area contributed by atoms with Crippen LogP contribution in [0.4, 0.5) is 8.78 Å². The van der Waals surface area contributed by atoms with Gasteiger partial charge in [0.05, 0.1) is 6.61 Å². The van der Waals surface area contributed by atoms with E-state index in [0.29, 0.717) is 12.3 Å². The number of nitrogens with one attached hydrogen (secondary N) is 1. The van der Waals surface area contributed by atoms with Crippen molar-refractivity contribution in [2.24, 2.45) is 0 Å². The van der Waals surface area contributed by atoms with Gasteiger partial charge in [0.15, 0.2) is 0 Å². The Balaban J connectivity index is 0.000000858. The largest absolute Gasteiger partial charge is 0.494 e. The predicted octanol–water partition coefficient (Wildman–Crippen LogP) is 3.60. The molecule has 0 spiro atoms. The first-order valence-electron chi connectivity index (χ1n) is 10.6. The molecule has 0 unspecified atom stereocenters. The molecule has 4 rings (SSSR count). The molecule has 9 heteroatoms. The van der Waals surface area contributed by atoms with Crippen molar-refractivity contribution in [2.75, 3.05) is 39.3 Å². The van der Waals surface area contributed by atoms with E-state index in [2.05, 4.69) is 9.88 Å². The van der Waals surface area contributed by atoms with Crippen molar-refractivity contribution in [3.63, 3.8) is 0 Å². The van der Waals surface area contributed by atoms with Gasteiger partial charge < -0.3 is 24.6 Å². The van der Waals surface area contributed by atoms with E-state index in [9.17, 15) is 13.6 Å². The number of nitrogens with zero attached hydrogens (tertiary/aromatic N) is 2. The third-order valence-corrected chi connectivity index (χ3v) is 5.69. The van der Waals surface area contributed by atoms with Crippen molar-refractivity contribution in [1.82, 2.24) is 14.8 Å². The summed E-state index contributed by atoms with van der Waals surface area (Å²) < 4.78 is 32.5.